The highest BCUT2D eigenvalue weighted by Gasteiger charge is 2.06. The highest BCUT2D eigenvalue weighted by Crippen LogP contribution is 2.22. The van der Waals surface area contributed by atoms with Crippen molar-refractivity contribution < 1.29 is 9.59 Å². The minimum atomic E-state index is -0.586. The summed E-state index contributed by atoms with van der Waals surface area (Å²) in [5.74, 6) is 0. The molecule has 118 valence electrons. The summed E-state index contributed by atoms with van der Waals surface area (Å²) in [7, 11) is 0. The monoisotopic (exact) mass is 340 g/mol. The van der Waals surface area contributed by atoms with Gasteiger partial charge >= 0.3 is 0 Å². The van der Waals surface area contributed by atoms with Gasteiger partial charge in [0.15, 0.2) is 0 Å². The van der Waals surface area contributed by atoms with Gasteiger partial charge in [-0.05, 0) is 22.3 Å². The molecule has 0 saturated heterocycles. The van der Waals surface area contributed by atoms with Crippen molar-refractivity contribution in [2.24, 2.45) is 11.5 Å². The van der Waals surface area contributed by atoms with Crippen molar-refractivity contribution in [3.05, 3.63) is 59.7 Å². The zero-order valence-corrected chi connectivity index (χ0v) is 13.3. The van der Waals surface area contributed by atoms with Gasteiger partial charge in [-0.1, -0.05) is 48.5 Å². The Bertz CT molecular complexity index is 545. The van der Waals surface area contributed by atoms with E-state index in [2.05, 4.69) is 0 Å². The third kappa shape index (κ3) is 4.64. The van der Waals surface area contributed by atoms with Crippen LogP contribution in [-0.4, -0.2) is 12.6 Å². The Morgan fingerprint density at radius 3 is 1.14 bits per heavy atom. The number of nitrogens with two attached hydrogens (primary N) is 2. The second kappa shape index (κ2) is 9.33. The molecule has 6 heteroatoms. The summed E-state index contributed by atoms with van der Waals surface area (Å²) < 4.78 is 0. The number of hydrogen-bond acceptors (Lipinski definition) is 4. The van der Waals surface area contributed by atoms with E-state index in [0.29, 0.717) is 12.6 Å². The topological polar surface area (TPSA) is 86.2 Å². The largest absolute Gasteiger partial charge is 0.318 e. The van der Waals surface area contributed by atoms with Gasteiger partial charge in [0.1, 0.15) is 12.6 Å². The quantitative estimate of drug-likeness (QED) is 0.819. The van der Waals surface area contributed by atoms with E-state index in [1.54, 1.807) is 0 Å². The van der Waals surface area contributed by atoms with E-state index in [4.69, 9.17) is 11.5 Å². The molecule has 2 unspecified atom stereocenters. The zero-order valence-electron chi connectivity index (χ0n) is 11.7. The summed E-state index contributed by atoms with van der Waals surface area (Å²) in [5, 5.41) is 0. The van der Waals surface area contributed by atoms with Gasteiger partial charge < -0.3 is 21.1 Å². The van der Waals surface area contributed by atoms with Crippen LogP contribution in [0.4, 0.5) is 0 Å². The van der Waals surface area contributed by atoms with Crippen molar-refractivity contribution in [1.82, 2.24) is 0 Å². The lowest BCUT2D eigenvalue weighted by Crippen LogP contribution is -2.11. The predicted molar refractivity (Wildman–Crippen MR) is 92.4 cm³/mol. The summed E-state index contributed by atoms with van der Waals surface area (Å²) >= 11 is 0. The molecule has 2 rings (SSSR count). The molecular weight excluding hydrogens is 323 g/mol. The van der Waals surface area contributed by atoms with Gasteiger partial charge in [0, 0.05) is 0 Å². The molecule has 0 fully saturated rings. The van der Waals surface area contributed by atoms with Gasteiger partial charge in [-0.2, -0.15) is 0 Å². The van der Waals surface area contributed by atoms with E-state index in [9.17, 15) is 9.59 Å². The highest BCUT2D eigenvalue weighted by molar-refractivity contribution is 5.85. The van der Waals surface area contributed by atoms with E-state index in [1.807, 2.05) is 48.5 Å². The fourth-order valence-electron chi connectivity index (χ4n) is 1.95. The van der Waals surface area contributed by atoms with Crippen LogP contribution in [-0.2, 0) is 9.59 Å². The van der Waals surface area contributed by atoms with Gasteiger partial charge in [-0.25, -0.2) is 0 Å². The lowest BCUT2D eigenvalue weighted by Gasteiger charge is -2.08. The van der Waals surface area contributed by atoms with Crippen LogP contribution in [0.1, 0.15) is 23.2 Å². The molecule has 0 aromatic heterocycles. The summed E-state index contributed by atoms with van der Waals surface area (Å²) in [5.41, 5.74) is 14.9. The number of aldehydes is 2. The second-order valence-electron chi connectivity index (χ2n) is 4.57. The molecule has 2 aromatic carbocycles. The SMILES string of the molecule is Cl.Cl.NC(C=O)c1ccc(-c2ccc(C(N)C=O)cc2)cc1. The van der Waals surface area contributed by atoms with Crippen LogP contribution < -0.4 is 11.5 Å². The average Bonchev–Trinajstić information content (AvgIpc) is 2.53. The molecule has 22 heavy (non-hydrogen) atoms. The summed E-state index contributed by atoms with van der Waals surface area (Å²) in [4.78, 5) is 21.2. The summed E-state index contributed by atoms with van der Waals surface area (Å²) in [6, 6.07) is 13.8. The van der Waals surface area contributed by atoms with Gasteiger partial charge in [-0.15, -0.1) is 24.8 Å². The van der Waals surface area contributed by atoms with Gasteiger partial charge in [-0.3, -0.25) is 0 Å². The highest BCUT2D eigenvalue weighted by atomic mass is 35.5. The van der Waals surface area contributed by atoms with Crippen LogP contribution in [0.25, 0.3) is 11.1 Å². The normalized spacial score (nSPS) is 12.3. The van der Waals surface area contributed by atoms with Crippen LogP contribution in [0, 0.1) is 0 Å². The molecule has 0 saturated carbocycles. The van der Waals surface area contributed by atoms with E-state index in [-0.39, 0.29) is 24.8 Å². The Kier molecular flexibility index (Phi) is 8.60. The maximum absolute atomic E-state index is 10.6. The van der Waals surface area contributed by atoms with Crippen molar-refractivity contribution >= 4 is 37.4 Å². The fraction of sp³-hybridized carbons (Fsp3) is 0.125. The molecule has 4 nitrogen and oxygen atoms in total. The van der Waals surface area contributed by atoms with Gasteiger partial charge in [0.25, 0.3) is 0 Å². The van der Waals surface area contributed by atoms with Crippen LogP contribution in [0.5, 0.6) is 0 Å². The van der Waals surface area contributed by atoms with E-state index >= 15 is 0 Å². The molecule has 2 aromatic rings. The first kappa shape index (κ1) is 20.3. The maximum Gasteiger partial charge on any atom is 0.141 e. The fourth-order valence-corrected chi connectivity index (χ4v) is 1.95. The Morgan fingerprint density at radius 1 is 0.636 bits per heavy atom. The third-order valence-corrected chi connectivity index (χ3v) is 3.22. The van der Waals surface area contributed by atoms with Crippen LogP contribution in [0.15, 0.2) is 48.5 Å². The molecule has 0 aliphatic rings. The van der Waals surface area contributed by atoms with Crippen molar-refractivity contribution in [3.8, 4) is 11.1 Å². The zero-order chi connectivity index (χ0) is 14.5. The summed E-state index contributed by atoms with van der Waals surface area (Å²) in [6.07, 6.45) is 1.43. The molecule has 4 N–H and O–H groups in total. The molecule has 0 bridgehead atoms. The lowest BCUT2D eigenvalue weighted by molar-refractivity contribution is -0.109. The molecule has 2 atom stereocenters. The molecule has 0 radical (unpaired) electrons. The van der Waals surface area contributed by atoms with E-state index in [1.165, 1.54) is 0 Å². The Balaban J connectivity index is 0.00000220. The number of carbonyl (C=O) groups excluding carboxylic acids is 2. The second-order valence-corrected chi connectivity index (χ2v) is 4.57. The minimum Gasteiger partial charge on any atom is -0.318 e. The molecular formula is C16H18Cl2N2O2. The molecule has 0 aliphatic carbocycles. The third-order valence-electron chi connectivity index (χ3n) is 3.22. The van der Waals surface area contributed by atoms with Crippen molar-refractivity contribution in [3.63, 3.8) is 0 Å². The summed E-state index contributed by atoms with van der Waals surface area (Å²) in [6.45, 7) is 0. The maximum atomic E-state index is 10.6. The Hall–Kier alpha value is -1.72. The Morgan fingerprint density at radius 2 is 0.909 bits per heavy atom. The Labute approximate surface area is 141 Å². The van der Waals surface area contributed by atoms with Gasteiger partial charge in [0.2, 0.25) is 0 Å². The number of benzene rings is 2. The number of rotatable bonds is 5. The smallest absolute Gasteiger partial charge is 0.141 e. The first-order valence-electron chi connectivity index (χ1n) is 6.27. The molecule has 0 amide bonds. The number of halogens is 2. The standard InChI is InChI=1S/C16H16N2O2.2ClH/c17-15(9-19)13-5-1-11(2-6-13)12-3-7-14(8-4-12)16(18)10-20;;/h1-10,15-16H,17-18H2;2*1H. The molecule has 0 heterocycles. The van der Waals surface area contributed by atoms with Crippen LogP contribution in [0.3, 0.4) is 0 Å². The average molecular weight is 341 g/mol. The van der Waals surface area contributed by atoms with Crippen molar-refractivity contribution in [1.29, 1.82) is 0 Å². The van der Waals surface area contributed by atoms with Crippen LogP contribution >= 0.6 is 24.8 Å². The lowest BCUT2D eigenvalue weighted by atomic mass is 9.99. The molecule has 0 aliphatic heterocycles. The first-order valence-corrected chi connectivity index (χ1v) is 6.27. The van der Waals surface area contributed by atoms with E-state index in [0.717, 1.165) is 22.3 Å². The van der Waals surface area contributed by atoms with Crippen molar-refractivity contribution in [2.45, 2.75) is 12.1 Å². The molecule has 0 spiro atoms. The number of carbonyl (C=O) groups is 2. The predicted octanol–water partition coefficient (Wildman–Crippen LogP) is 2.59. The number of hydrogen-bond donors (Lipinski definition) is 2. The van der Waals surface area contributed by atoms with E-state index < -0.39 is 12.1 Å². The van der Waals surface area contributed by atoms with Crippen molar-refractivity contribution in [2.75, 3.05) is 0 Å². The first-order chi connectivity index (χ1) is 9.65. The van der Waals surface area contributed by atoms with Crippen LogP contribution in [0.2, 0.25) is 0 Å². The minimum absolute atomic E-state index is 0. The van der Waals surface area contributed by atoms with Gasteiger partial charge in [0.05, 0.1) is 12.1 Å².